The van der Waals surface area contributed by atoms with Gasteiger partial charge in [-0.2, -0.15) is 0 Å². The maximum atomic E-state index is 8.58. The van der Waals surface area contributed by atoms with E-state index in [2.05, 4.69) is 13.8 Å². The summed E-state index contributed by atoms with van der Waals surface area (Å²) in [6.07, 6.45) is 21.0. The Labute approximate surface area is 146 Å². The molecule has 2 nitrogen and oxygen atoms in total. The second kappa shape index (κ2) is 20.0. The van der Waals surface area contributed by atoms with Gasteiger partial charge in [-0.3, -0.25) is 0 Å². The lowest BCUT2D eigenvalue weighted by atomic mass is 10.0. The first-order valence-corrected chi connectivity index (χ1v) is 10.5. The van der Waals surface area contributed by atoms with E-state index in [1.165, 1.54) is 89.9 Å². The molecule has 0 aromatic carbocycles. The van der Waals surface area contributed by atoms with Crippen LogP contribution in [0.2, 0.25) is 0 Å². The van der Waals surface area contributed by atoms with Gasteiger partial charge < -0.3 is 9.84 Å². The lowest BCUT2D eigenvalue weighted by Gasteiger charge is -2.05. The first kappa shape index (κ1) is 22.9. The van der Waals surface area contributed by atoms with Gasteiger partial charge in [0.1, 0.15) is 0 Å². The molecule has 0 saturated carbocycles. The molecule has 0 atom stereocenters. The first-order chi connectivity index (χ1) is 11.3. The van der Waals surface area contributed by atoms with Crippen LogP contribution in [0, 0.1) is 5.92 Å². The van der Waals surface area contributed by atoms with Crippen LogP contribution in [0.3, 0.4) is 0 Å². The normalized spacial score (nSPS) is 11.5. The third kappa shape index (κ3) is 21.9. The molecule has 0 saturated heterocycles. The van der Waals surface area contributed by atoms with E-state index < -0.39 is 0 Å². The second-order valence-corrected chi connectivity index (χ2v) is 7.47. The predicted molar refractivity (Wildman–Crippen MR) is 102 cm³/mol. The van der Waals surface area contributed by atoms with E-state index >= 15 is 0 Å². The Kier molecular flexibility index (Phi) is 19.9. The minimum atomic E-state index is 0.151. The smallest absolute Gasteiger partial charge is 0.0697 e. The van der Waals surface area contributed by atoms with E-state index in [4.69, 9.17) is 9.84 Å². The summed E-state index contributed by atoms with van der Waals surface area (Å²) in [7, 11) is 0. The van der Waals surface area contributed by atoms with Gasteiger partial charge in [0, 0.05) is 6.61 Å². The van der Waals surface area contributed by atoms with Crippen LogP contribution in [-0.4, -0.2) is 24.9 Å². The molecule has 0 unspecified atom stereocenters. The lowest BCUT2D eigenvalue weighted by molar-refractivity contribution is 0.0895. The Morgan fingerprint density at radius 2 is 0.957 bits per heavy atom. The standard InChI is InChI=1S/C21H44O2/c1-21(2)17-15-13-11-9-7-5-3-4-6-8-10-12-14-16-19-23-20-18-22/h21-22H,3-20H2,1-2H3. The molecule has 2 heteroatoms. The topological polar surface area (TPSA) is 29.5 Å². The van der Waals surface area contributed by atoms with Crippen LogP contribution in [-0.2, 0) is 4.74 Å². The van der Waals surface area contributed by atoms with Crippen molar-refractivity contribution in [3.63, 3.8) is 0 Å². The van der Waals surface area contributed by atoms with Crippen LogP contribution >= 0.6 is 0 Å². The Morgan fingerprint density at radius 3 is 1.35 bits per heavy atom. The third-order valence-corrected chi connectivity index (χ3v) is 4.56. The fraction of sp³-hybridized carbons (Fsp3) is 1.00. The summed E-state index contributed by atoms with van der Waals surface area (Å²) in [4.78, 5) is 0. The van der Waals surface area contributed by atoms with Crippen LogP contribution in [0.4, 0.5) is 0 Å². The van der Waals surface area contributed by atoms with Crippen molar-refractivity contribution >= 4 is 0 Å². The minimum absolute atomic E-state index is 0.151. The van der Waals surface area contributed by atoms with Gasteiger partial charge in [-0.05, 0) is 12.3 Å². The first-order valence-electron chi connectivity index (χ1n) is 10.5. The number of ether oxygens (including phenoxy) is 1. The molecule has 0 fully saturated rings. The molecule has 1 N–H and O–H groups in total. The van der Waals surface area contributed by atoms with Crippen molar-refractivity contribution in [1.82, 2.24) is 0 Å². The van der Waals surface area contributed by atoms with Gasteiger partial charge in [0.25, 0.3) is 0 Å². The van der Waals surface area contributed by atoms with Crippen LogP contribution in [0.1, 0.15) is 110 Å². The van der Waals surface area contributed by atoms with Crippen molar-refractivity contribution in [2.24, 2.45) is 5.92 Å². The van der Waals surface area contributed by atoms with Crippen molar-refractivity contribution in [2.75, 3.05) is 19.8 Å². The van der Waals surface area contributed by atoms with Gasteiger partial charge >= 0.3 is 0 Å². The quantitative estimate of drug-likeness (QED) is 0.274. The Hall–Kier alpha value is -0.0800. The molecule has 0 amide bonds. The molecular weight excluding hydrogens is 284 g/mol. The molecule has 0 aliphatic carbocycles. The predicted octanol–water partition coefficient (Wildman–Crippen LogP) is 6.50. The summed E-state index contributed by atoms with van der Waals surface area (Å²) in [6, 6.07) is 0. The fourth-order valence-electron chi connectivity index (χ4n) is 3.04. The van der Waals surface area contributed by atoms with E-state index in [1.54, 1.807) is 0 Å². The second-order valence-electron chi connectivity index (χ2n) is 7.47. The van der Waals surface area contributed by atoms with E-state index in [1.807, 2.05) is 0 Å². The monoisotopic (exact) mass is 328 g/mol. The van der Waals surface area contributed by atoms with Gasteiger partial charge in [0.05, 0.1) is 13.2 Å². The molecule has 0 bridgehead atoms. The van der Waals surface area contributed by atoms with Gasteiger partial charge in [-0.25, -0.2) is 0 Å². The molecule has 23 heavy (non-hydrogen) atoms. The Balaban J connectivity index is 2.95. The molecule has 0 spiro atoms. The highest BCUT2D eigenvalue weighted by molar-refractivity contribution is 4.51. The van der Waals surface area contributed by atoms with Crippen molar-refractivity contribution in [3.05, 3.63) is 0 Å². The molecule has 0 aliphatic rings. The number of aliphatic hydroxyl groups is 1. The molecule has 140 valence electrons. The average Bonchev–Trinajstić information content (AvgIpc) is 2.53. The van der Waals surface area contributed by atoms with Gasteiger partial charge in [-0.1, -0.05) is 104 Å². The zero-order valence-corrected chi connectivity index (χ0v) is 16.2. The van der Waals surface area contributed by atoms with Gasteiger partial charge in [0.15, 0.2) is 0 Å². The largest absolute Gasteiger partial charge is 0.394 e. The molecular formula is C21H44O2. The van der Waals surface area contributed by atoms with Crippen LogP contribution in [0.5, 0.6) is 0 Å². The summed E-state index contributed by atoms with van der Waals surface area (Å²) in [5.74, 6) is 0.884. The van der Waals surface area contributed by atoms with Gasteiger partial charge in [-0.15, -0.1) is 0 Å². The number of aliphatic hydroxyl groups excluding tert-OH is 1. The highest BCUT2D eigenvalue weighted by Crippen LogP contribution is 2.14. The number of rotatable bonds is 19. The highest BCUT2D eigenvalue weighted by atomic mass is 16.5. The van der Waals surface area contributed by atoms with Crippen LogP contribution in [0.25, 0.3) is 0 Å². The molecule has 0 aromatic rings. The lowest BCUT2D eigenvalue weighted by Crippen LogP contribution is -2.00. The van der Waals surface area contributed by atoms with Gasteiger partial charge in [0.2, 0.25) is 0 Å². The maximum absolute atomic E-state index is 8.58. The van der Waals surface area contributed by atoms with Crippen LogP contribution in [0.15, 0.2) is 0 Å². The maximum Gasteiger partial charge on any atom is 0.0697 e. The average molecular weight is 329 g/mol. The minimum Gasteiger partial charge on any atom is -0.394 e. The SMILES string of the molecule is CC(C)CCCCCCCCCCCCCCCCOCCO. The van der Waals surface area contributed by atoms with E-state index in [0.717, 1.165) is 18.9 Å². The summed E-state index contributed by atoms with van der Waals surface area (Å²) in [5, 5.41) is 8.58. The number of hydrogen-bond acceptors (Lipinski definition) is 2. The van der Waals surface area contributed by atoms with E-state index in [-0.39, 0.29) is 6.61 Å². The van der Waals surface area contributed by atoms with Crippen molar-refractivity contribution in [3.8, 4) is 0 Å². The molecule has 0 heterocycles. The highest BCUT2D eigenvalue weighted by Gasteiger charge is 1.96. The summed E-state index contributed by atoms with van der Waals surface area (Å²) >= 11 is 0. The fourth-order valence-corrected chi connectivity index (χ4v) is 3.04. The number of hydrogen-bond donors (Lipinski definition) is 1. The van der Waals surface area contributed by atoms with E-state index in [0.29, 0.717) is 6.61 Å². The summed E-state index contributed by atoms with van der Waals surface area (Å²) < 4.78 is 5.26. The molecule has 0 radical (unpaired) electrons. The van der Waals surface area contributed by atoms with Crippen LogP contribution < -0.4 is 0 Å². The Bertz CT molecular complexity index is 204. The third-order valence-electron chi connectivity index (χ3n) is 4.56. The Morgan fingerprint density at radius 1 is 0.565 bits per heavy atom. The zero-order valence-electron chi connectivity index (χ0n) is 16.2. The zero-order chi connectivity index (χ0) is 17.0. The van der Waals surface area contributed by atoms with Crippen molar-refractivity contribution in [2.45, 2.75) is 110 Å². The molecule has 0 rings (SSSR count). The molecule has 0 aromatic heterocycles. The summed E-state index contributed by atoms with van der Waals surface area (Å²) in [6.45, 7) is 6.12. The number of unbranched alkanes of at least 4 members (excludes halogenated alkanes) is 13. The van der Waals surface area contributed by atoms with Crippen molar-refractivity contribution < 1.29 is 9.84 Å². The van der Waals surface area contributed by atoms with Crippen molar-refractivity contribution in [1.29, 1.82) is 0 Å². The van der Waals surface area contributed by atoms with E-state index in [9.17, 15) is 0 Å². The molecule has 0 aliphatic heterocycles. The summed E-state index contributed by atoms with van der Waals surface area (Å²) in [5.41, 5.74) is 0.